The number of thiocarbonyl (C=S) groups is 2. The number of nitrogens with zero attached hydrogens (tertiary/aromatic N) is 1. The van der Waals surface area contributed by atoms with E-state index >= 15 is 0 Å². The molecule has 0 atom stereocenters. The Labute approximate surface area is 121 Å². The fraction of sp³-hybridized carbons (Fsp3) is 0.667. The van der Waals surface area contributed by atoms with Crippen LogP contribution >= 0.6 is 24.4 Å². The van der Waals surface area contributed by atoms with Crippen molar-refractivity contribution in [2.45, 2.75) is 0 Å². The van der Waals surface area contributed by atoms with Gasteiger partial charge >= 0.3 is 29.6 Å². The molecular weight excluding hydrogens is 249 g/mol. The van der Waals surface area contributed by atoms with E-state index in [1.807, 2.05) is 5.01 Å². The van der Waals surface area contributed by atoms with Gasteiger partial charge < -0.3 is 20.7 Å². The van der Waals surface area contributed by atoms with E-state index in [4.69, 9.17) is 14.9 Å². The molecule has 84 valence electrons. The van der Waals surface area contributed by atoms with Crippen LogP contribution in [0, 0.1) is 0 Å². The van der Waals surface area contributed by atoms with Gasteiger partial charge in [-0.05, 0) is 24.4 Å². The molecule has 15 heavy (non-hydrogen) atoms. The van der Waals surface area contributed by atoms with Crippen LogP contribution in [0.25, 0.3) is 0 Å². The molecule has 0 aromatic carbocycles. The Morgan fingerprint density at radius 1 is 1.27 bits per heavy atom. The predicted octanol–water partition coefficient (Wildman–Crippen LogP) is -1.19. The first-order valence-electron chi connectivity index (χ1n) is 3.83. The molecule has 1 saturated heterocycles. The van der Waals surface area contributed by atoms with Gasteiger partial charge in [0.05, 0.1) is 13.2 Å². The van der Waals surface area contributed by atoms with Crippen molar-refractivity contribution in [3.8, 4) is 0 Å². The van der Waals surface area contributed by atoms with Crippen LogP contribution in [0.2, 0.25) is 0 Å². The molecule has 0 saturated carbocycles. The summed E-state index contributed by atoms with van der Waals surface area (Å²) >= 11 is 8.31. The Bertz CT molecular complexity index is 198. The summed E-state index contributed by atoms with van der Waals surface area (Å²) in [6.07, 6.45) is 0. The standard InChI is InChI=1S/C5H10N2O2S.CH3NOS.Na.H/c8-5(10)6-7-1-3-9-4-2-7;2-1(3)4;;/h1-4H2,(H2,6,8,10);(H3,2,3,4);;. The van der Waals surface area contributed by atoms with Crippen molar-refractivity contribution in [3.63, 3.8) is 0 Å². The van der Waals surface area contributed by atoms with E-state index in [1.165, 1.54) is 0 Å². The van der Waals surface area contributed by atoms with Crippen LogP contribution in [0.1, 0.15) is 0 Å². The topological polar surface area (TPSA) is 91.0 Å². The van der Waals surface area contributed by atoms with E-state index in [1.54, 1.807) is 0 Å². The summed E-state index contributed by atoms with van der Waals surface area (Å²) in [6.45, 7) is 2.91. The second-order valence-corrected chi connectivity index (χ2v) is 3.16. The molecule has 0 bridgehead atoms. The third kappa shape index (κ3) is 14.3. The molecule has 0 aliphatic carbocycles. The third-order valence-corrected chi connectivity index (χ3v) is 1.36. The summed E-state index contributed by atoms with van der Waals surface area (Å²) in [4.78, 5) is 0. The van der Waals surface area contributed by atoms with Gasteiger partial charge in [0.2, 0.25) is 0 Å². The van der Waals surface area contributed by atoms with Crippen LogP contribution in [0.15, 0.2) is 0 Å². The molecule has 0 aromatic rings. The van der Waals surface area contributed by atoms with Crippen molar-refractivity contribution >= 4 is 64.3 Å². The van der Waals surface area contributed by atoms with Crippen molar-refractivity contribution < 1.29 is 14.9 Å². The number of morpholine rings is 1. The van der Waals surface area contributed by atoms with Gasteiger partial charge in [-0.15, -0.1) is 0 Å². The fourth-order valence-corrected chi connectivity index (χ4v) is 0.940. The predicted molar refractivity (Wildman–Crippen MR) is 67.3 cm³/mol. The Hall–Kier alpha value is 0.300. The number of aliphatic hydroxyl groups excluding tert-OH is 2. The van der Waals surface area contributed by atoms with Crippen molar-refractivity contribution in [3.05, 3.63) is 0 Å². The molecule has 1 aliphatic rings. The Kier molecular flexibility index (Phi) is 12.7. The molecule has 0 unspecified atom stereocenters. The van der Waals surface area contributed by atoms with Gasteiger partial charge in [0.1, 0.15) is 0 Å². The summed E-state index contributed by atoms with van der Waals surface area (Å²) < 4.78 is 5.07. The number of aliphatic hydroxyl groups is 2. The van der Waals surface area contributed by atoms with Crippen molar-refractivity contribution in [2.75, 3.05) is 26.3 Å². The average Bonchev–Trinajstić information content (AvgIpc) is 2.03. The van der Waals surface area contributed by atoms with Gasteiger partial charge in [-0.1, -0.05) is 0 Å². The monoisotopic (exact) mass is 263 g/mol. The number of nitrogens with one attached hydrogen (secondary N) is 1. The van der Waals surface area contributed by atoms with Gasteiger partial charge in [0, 0.05) is 13.1 Å². The quantitative estimate of drug-likeness (QED) is 0.347. The molecule has 1 rings (SSSR count). The maximum absolute atomic E-state index is 8.64. The van der Waals surface area contributed by atoms with E-state index in [9.17, 15) is 0 Å². The first kappa shape index (κ1) is 17.7. The van der Waals surface area contributed by atoms with Gasteiger partial charge in [0.15, 0.2) is 0 Å². The zero-order valence-corrected chi connectivity index (χ0v) is 9.11. The van der Waals surface area contributed by atoms with E-state index in [0.717, 1.165) is 13.1 Å². The van der Waals surface area contributed by atoms with E-state index < -0.39 is 5.17 Å². The van der Waals surface area contributed by atoms with Crippen LogP contribution in [-0.4, -0.2) is 81.4 Å². The molecule has 5 N–H and O–H groups in total. The van der Waals surface area contributed by atoms with E-state index in [-0.39, 0.29) is 34.7 Å². The SMILES string of the molecule is NC(O)=S.OC(=S)NN1CCOCC1.[NaH]. The number of nitrogens with two attached hydrogens (primary N) is 1. The molecule has 0 aromatic heterocycles. The van der Waals surface area contributed by atoms with Gasteiger partial charge in [-0.2, -0.15) is 0 Å². The van der Waals surface area contributed by atoms with Gasteiger partial charge in [0.25, 0.3) is 10.3 Å². The second kappa shape index (κ2) is 10.8. The number of hydrazine groups is 1. The number of hydrogen-bond donors (Lipinski definition) is 4. The van der Waals surface area contributed by atoms with Crippen LogP contribution in [0.3, 0.4) is 0 Å². The molecule has 6 nitrogen and oxygen atoms in total. The first-order valence-corrected chi connectivity index (χ1v) is 4.64. The van der Waals surface area contributed by atoms with Crippen molar-refractivity contribution in [1.82, 2.24) is 10.4 Å². The molecule has 0 spiro atoms. The zero-order chi connectivity index (χ0) is 11.0. The van der Waals surface area contributed by atoms with Gasteiger partial charge in [-0.25, -0.2) is 5.01 Å². The summed E-state index contributed by atoms with van der Waals surface area (Å²) in [5.41, 5.74) is 7.02. The number of hydrogen-bond acceptors (Lipinski definition) is 4. The first-order chi connectivity index (χ1) is 6.52. The fourth-order valence-electron chi connectivity index (χ4n) is 0.810. The third-order valence-electron chi connectivity index (χ3n) is 1.26. The molecule has 1 aliphatic heterocycles. The van der Waals surface area contributed by atoms with Crippen LogP contribution in [0.4, 0.5) is 0 Å². The minimum atomic E-state index is -0.500. The molecule has 0 radical (unpaired) electrons. The minimum absolute atomic E-state index is 0. The van der Waals surface area contributed by atoms with E-state index in [0.29, 0.717) is 13.2 Å². The number of ether oxygens (including phenoxy) is 1. The second-order valence-electron chi connectivity index (χ2n) is 2.35. The summed E-state index contributed by atoms with van der Waals surface area (Å²) in [6, 6.07) is 0. The van der Waals surface area contributed by atoms with Crippen LogP contribution in [-0.2, 0) is 4.74 Å². The van der Waals surface area contributed by atoms with E-state index in [2.05, 4.69) is 35.6 Å². The normalized spacial score (nSPS) is 15.2. The molecule has 1 heterocycles. The van der Waals surface area contributed by atoms with Crippen LogP contribution in [0.5, 0.6) is 0 Å². The van der Waals surface area contributed by atoms with Crippen LogP contribution < -0.4 is 11.2 Å². The summed E-state index contributed by atoms with van der Waals surface area (Å²) in [5, 5.41) is 17.4. The Morgan fingerprint density at radius 2 is 1.67 bits per heavy atom. The maximum atomic E-state index is 8.64. The molecule has 9 heteroatoms. The zero-order valence-electron chi connectivity index (χ0n) is 7.47. The van der Waals surface area contributed by atoms with Crippen molar-refractivity contribution in [1.29, 1.82) is 0 Å². The van der Waals surface area contributed by atoms with Gasteiger partial charge in [-0.3, -0.25) is 5.43 Å². The summed E-state index contributed by atoms with van der Waals surface area (Å²) in [7, 11) is 0. The Balaban J connectivity index is 0. The summed E-state index contributed by atoms with van der Waals surface area (Å²) in [5.74, 6) is 0. The molecule has 1 fully saturated rings. The molecular formula is C6H14N3NaO3S2. The van der Waals surface area contributed by atoms with Crippen molar-refractivity contribution in [2.24, 2.45) is 5.73 Å². The Morgan fingerprint density at radius 3 is 2.00 bits per heavy atom. The number of rotatable bonds is 1. The average molecular weight is 263 g/mol. The molecule has 0 amide bonds.